The standard InChI is InChI=1S/C15H28O2/c1-13(2)7-5-8-14(3)11(13)6-9-15(4,17)12(14)10-16/h11-12,16-17H,5-10H2,1-4H3/t11-,12-,14+,15-/m0/s1. The van der Waals surface area contributed by atoms with E-state index in [1.165, 1.54) is 12.8 Å². The van der Waals surface area contributed by atoms with Crippen LogP contribution in [0.3, 0.4) is 0 Å². The fourth-order valence-electron chi connectivity index (χ4n) is 5.03. The van der Waals surface area contributed by atoms with E-state index in [2.05, 4.69) is 20.8 Å². The zero-order valence-corrected chi connectivity index (χ0v) is 11.8. The number of rotatable bonds is 1. The van der Waals surface area contributed by atoms with Gasteiger partial charge in [0.2, 0.25) is 0 Å². The Hall–Kier alpha value is -0.0800. The van der Waals surface area contributed by atoms with Crippen molar-refractivity contribution in [1.29, 1.82) is 0 Å². The van der Waals surface area contributed by atoms with Crippen LogP contribution in [0.5, 0.6) is 0 Å². The van der Waals surface area contributed by atoms with Crippen molar-refractivity contribution in [3.63, 3.8) is 0 Å². The molecule has 2 nitrogen and oxygen atoms in total. The maximum absolute atomic E-state index is 10.5. The van der Waals surface area contributed by atoms with E-state index in [9.17, 15) is 10.2 Å². The highest BCUT2D eigenvalue weighted by molar-refractivity contribution is 5.07. The van der Waals surface area contributed by atoms with Crippen LogP contribution in [0.25, 0.3) is 0 Å². The third-order valence-electron chi connectivity index (χ3n) is 5.94. The average Bonchev–Trinajstić information content (AvgIpc) is 2.14. The Morgan fingerprint density at radius 1 is 1.06 bits per heavy atom. The van der Waals surface area contributed by atoms with Gasteiger partial charge in [0, 0.05) is 12.5 Å². The molecule has 4 atom stereocenters. The lowest BCUT2D eigenvalue weighted by Crippen LogP contribution is -2.58. The summed E-state index contributed by atoms with van der Waals surface area (Å²) < 4.78 is 0. The summed E-state index contributed by atoms with van der Waals surface area (Å²) in [6.07, 6.45) is 5.61. The Bertz CT molecular complexity index is 283. The molecule has 2 rings (SSSR count). The van der Waals surface area contributed by atoms with Crippen LogP contribution in [0.15, 0.2) is 0 Å². The second-order valence-corrected chi connectivity index (χ2v) is 7.53. The highest BCUT2D eigenvalue weighted by atomic mass is 16.3. The minimum Gasteiger partial charge on any atom is -0.396 e. The second-order valence-electron chi connectivity index (χ2n) is 7.53. The molecule has 0 saturated heterocycles. The Morgan fingerprint density at radius 2 is 1.71 bits per heavy atom. The first-order valence-corrected chi connectivity index (χ1v) is 7.07. The number of aliphatic hydroxyl groups is 2. The van der Waals surface area contributed by atoms with Crippen molar-refractivity contribution in [3.8, 4) is 0 Å². The van der Waals surface area contributed by atoms with E-state index in [1.54, 1.807) is 0 Å². The van der Waals surface area contributed by atoms with Gasteiger partial charge in [-0.3, -0.25) is 0 Å². The average molecular weight is 240 g/mol. The number of hydrogen-bond acceptors (Lipinski definition) is 2. The van der Waals surface area contributed by atoms with Crippen LogP contribution >= 0.6 is 0 Å². The summed E-state index contributed by atoms with van der Waals surface area (Å²) in [5.74, 6) is 0.675. The van der Waals surface area contributed by atoms with Crippen molar-refractivity contribution >= 4 is 0 Å². The maximum Gasteiger partial charge on any atom is 0.0675 e. The molecule has 0 aliphatic heterocycles. The zero-order chi connectivity index (χ0) is 12.9. The summed E-state index contributed by atoms with van der Waals surface area (Å²) in [4.78, 5) is 0. The molecule has 0 aromatic carbocycles. The van der Waals surface area contributed by atoms with Crippen LogP contribution in [0, 0.1) is 22.7 Å². The predicted octanol–water partition coefficient (Wildman–Crippen LogP) is 2.97. The smallest absolute Gasteiger partial charge is 0.0675 e. The maximum atomic E-state index is 10.5. The highest BCUT2D eigenvalue weighted by Gasteiger charge is 2.57. The molecule has 2 heteroatoms. The largest absolute Gasteiger partial charge is 0.396 e. The summed E-state index contributed by atoms with van der Waals surface area (Å²) >= 11 is 0. The van der Waals surface area contributed by atoms with Crippen LogP contribution < -0.4 is 0 Å². The van der Waals surface area contributed by atoms with E-state index >= 15 is 0 Å². The lowest BCUT2D eigenvalue weighted by Gasteiger charge is -2.60. The van der Waals surface area contributed by atoms with Crippen LogP contribution in [-0.2, 0) is 0 Å². The van der Waals surface area contributed by atoms with Crippen molar-refractivity contribution in [2.45, 2.75) is 65.4 Å². The van der Waals surface area contributed by atoms with E-state index < -0.39 is 5.60 Å². The van der Waals surface area contributed by atoms with Crippen molar-refractivity contribution in [3.05, 3.63) is 0 Å². The Kier molecular flexibility index (Phi) is 3.11. The Balaban J connectivity index is 2.37. The fourth-order valence-corrected chi connectivity index (χ4v) is 5.03. The summed E-state index contributed by atoms with van der Waals surface area (Å²) in [6, 6.07) is 0. The number of hydrogen-bond donors (Lipinski definition) is 2. The quantitative estimate of drug-likeness (QED) is 0.740. The van der Waals surface area contributed by atoms with Gasteiger partial charge in [0.15, 0.2) is 0 Å². The molecule has 17 heavy (non-hydrogen) atoms. The highest BCUT2D eigenvalue weighted by Crippen LogP contribution is 2.61. The van der Waals surface area contributed by atoms with E-state index in [4.69, 9.17) is 0 Å². The van der Waals surface area contributed by atoms with Gasteiger partial charge in [0.05, 0.1) is 5.60 Å². The molecule has 0 heterocycles. The summed E-state index contributed by atoms with van der Waals surface area (Å²) in [6.45, 7) is 9.06. The molecule has 2 aliphatic rings. The molecule has 100 valence electrons. The molecular formula is C15H28O2. The van der Waals surface area contributed by atoms with Crippen LogP contribution in [-0.4, -0.2) is 22.4 Å². The number of fused-ring (bicyclic) bond motifs is 1. The van der Waals surface area contributed by atoms with Gasteiger partial charge in [-0.1, -0.05) is 27.2 Å². The molecular weight excluding hydrogens is 212 g/mol. The molecule has 2 fully saturated rings. The number of aliphatic hydroxyl groups excluding tert-OH is 1. The monoisotopic (exact) mass is 240 g/mol. The van der Waals surface area contributed by atoms with Gasteiger partial charge in [0.1, 0.15) is 0 Å². The van der Waals surface area contributed by atoms with Crippen LogP contribution in [0.4, 0.5) is 0 Å². The van der Waals surface area contributed by atoms with Gasteiger partial charge >= 0.3 is 0 Å². The van der Waals surface area contributed by atoms with Gasteiger partial charge in [-0.15, -0.1) is 0 Å². The first kappa shape index (κ1) is 13.4. The van der Waals surface area contributed by atoms with Gasteiger partial charge in [-0.25, -0.2) is 0 Å². The van der Waals surface area contributed by atoms with Gasteiger partial charge in [-0.05, 0) is 49.4 Å². The van der Waals surface area contributed by atoms with E-state index in [0.29, 0.717) is 11.3 Å². The predicted molar refractivity (Wildman–Crippen MR) is 69.7 cm³/mol. The second kappa shape index (κ2) is 3.96. The van der Waals surface area contributed by atoms with Crippen molar-refractivity contribution in [2.24, 2.45) is 22.7 Å². The summed E-state index contributed by atoms with van der Waals surface area (Å²) in [5.41, 5.74) is -0.220. The third kappa shape index (κ3) is 1.94. The SMILES string of the molecule is CC1(C)CCC[C@]2(C)[C@H]1CC[C@](C)(O)[C@H]2CO. The fraction of sp³-hybridized carbons (Fsp3) is 1.00. The van der Waals surface area contributed by atoms with Crippen molar-refractivity contribution < 1.29 is 10.2 Å². The molecule has 0 radical (unpaired) electrons. The van der Waals surface area contributed by atoms with Gasteiger partial charge < -0.3 is 10.2 Å². The molecule has 0 unspecified atom stereocenters. The van der Waals surface area contributed by atoms with E-state index in [0.717, 1.165) is 19.3 Å². The molecule has 0 aromatic rings. The zero-order valence-electron chi connectivity index (χ0n) is 11.8. The minimum atomic E-state index is -0.687. The molecule has 0 aromatic heterocycles. The molecule has 0 amide bonds. The lowest BCUT2D eigenvalue weighted by atomic mass is 9.46. The molecule has 0 bridgehead atoms. The third-order valence-corrected chi connectivity index (χ3v) is 5.94. The first-order chi connectivity index (χ1) is 7.74. The van der Waals surface area contributed by atoms with Crippen LogP contribution in [0.1, 0.15) is 59.8 Å². The van der Waals surface area contributed by atoms with Gasteiger partial charge in [-0.2, -0.15) is 0 Å². The summed E-state index contributed by atoms with van der Waals surface area (Å²) in [5, 5.41) is 20.3. The molecule has 2 aliphatic carbocycles. The van der Waals surface area contributed by atoms with Crippen LogP contribution in [0.2, 0.25) is 0 Å². The molecule has 2 N–H and O–H groups in total. The topological polar surface area (TPSA) is 40.5 Å². The minimum absolute atomic E-state index is 0.0355. The summed E-state index contributed by atoms with van der Waals surface area (Å²) in [7, 11) is 0. The lowest BCUT2D eigenvalue weighted by molar-refractivity contribution is -0.178. The Labute approximate surface area is 105 Å². The molecule has 0 spiro atoms. The Morgan fingerprint density at radius 3 is 2.29 bits per heavy atom. The molecule has 2 saturated carbocycles. The van der Waals surface area contributed by atoms with Crippen molar-refractivity contribution in [1.82, 2.24) is 0 Å². The van der Waals surface area contributed by atoms with Gasteiger partial charge in [0.25, 0.3) is 0 Å². The van der Waals surface area contributed by atoms with Crippen molar-refractivity contribution in [2.75, 3.05) is 6.61 Å². The van der Waals surface area contributed by atoms with E-state index in [1.807, 2.05) is 6.92 Å². The van der Waals surface area contributed by atoms with E-state index in [-0.39, 0.29) is 17.9 Å². The normalized spacial score (nSPS) is 49.8. The first-order valence-electron chi connectivity index (χ1n) is 7.07.